The molecule has 1 aliphatic heterocycles. The van der Waals surface area contributed by atoms with E-state index in [0.29, 0.717) is 19.6 Å². The van der Waals surface area contributed by atoms with E-state index in [1.165, 1.54) is 0 Å². The highest BCUT2D eigenvalue weighted by molar-refractivity contribution is 5.75. The number of amides is 2. The number of aromatic amines is 1. The number of nitrogens with zero attached hydrogens (tertiary/aromatic N) is 2. The van der Waals surface area contributed by atoms with Crippen LogP contribution in [0.2, 0.25) is 0 Å². The maximum absolute atomic E-state index is 12.2. The first-order valence-corrected chi connectivity index (χ1v) is 8.67. The van der Waals surface area contributed by atoms with Crippen molar-refractivity contribution in [2.24, 2.45) is 5.41 Å². The number of imidazole rings is 1. The number of urea groups is 1. The number of aliphatic hydroxyl groups is 1. The fourth-order valence-corrected chi connectivity index (χ4v) is 3.09. The summed E-state index contributed by atoms with van der Waals surface area (Å²) >= 11 is 0. The first-order valence-electron chi connectivity index (χ1n) is 8.67. The van der Waals surface area contributed by atoms with Gasteiger partial charge in [0.2, 0.25) is 0 Å². The molecule has 0 atom stereocenters. The number of benzene rings is 1. The van der Waals surface area contributed by atoms with Crippen LogP contribution < -0.4 is 5.32 Å². The number of likely N-dealkylation sites (tertiary alicyclic amines) is 1. The Morgan fingerprint density at radius 3 is 2.83 bits per heavy atom. The topological polar surface area (TPSA) is 81.2 Å². The number of aromatic nitrogens is 2. The fourth-order valence-electron chi connectivity index (χ4n) is 3.09. The van der Waals surface area contributed by atoms with Crippen LogP contribution in [0.3, 0.4) is 0 Å². The number of aliphatic hydroxyl groups excluding tert-OH is 1. The molecule has 0 spiro atoms. The highest BCUT2D eigenvalue weighted by Gasteiger charge is 2.31. The fraction of sp³-hybridized carbons (Fsp3) is 0.556. The second-order valence-corrected chi connectivity index (χ2v) is 6.99. The zero-order chi connectivity index (χ0) is 17.0. The summed E-state index contributed by atoms with van der Waals surface area (Å²) in [6, 6.07) is 7.98. The van der Waals surface area contributed by atoms with Crippen molar-refractivity contribution in [3.63, 3.8) is 0 Å². The molecule has 3 N–H and O–H groups in total. The smallest absolute Gasteiger partial charge is 0.317 e. The molecule has 1 fully saturated rings. The number of carbonyl (C=O) groups excluding carboxylic acids is 1. The molecule has 2 heterocycles. The van der Waals surface area contributed by atoms with E-state index in [1.807, 2.05) is 29.2 Å². The molecular formula is C18H26N4O2. The van der Waals surface area contributed by atoms with E-state index < -0.39 is 0 Å². The number of rotatable bonds is 5. The van der Waals surface area contributed by atoms with Crippen molar-refractivity contribution >= 4 is 17.1 Å². The van der Waals surface area contributed by atoms with Gasteiger partial charge in [-0.05, 0) is 36.8 Å². The molecule has 0 radical (unpaired) electrons. The number of H-pyrrole nitrogens is 1. The Bertz CT molecular complexity index is 656. The minimum absolute atomic E-state index is 0.000374. The number of fused-ring (bicyclic) bond motifs is 1. The van der Waals surface area contributed by atoms with Crippen molar-refractivity contribution in [2.75, 3.05) is 26.2 Å². The van der Waals surface area contributed by atoms with E-state index in [1.54, 1.807) is 0 Å². The second kappa shape index (κ2) is 7.21. The van der Waals surface area contributed by atoms with E-state index in [4.69, 9.17) is 0 Å². The van der Waals surface area contributed by atoms with Crippen LogP contribution in [0.25, 0.3) is 11.0 Å². The Morgan fingerprint density at radius 2 is 2.12 bits per heavy atom. The van der Waals surface area contributed by atoms with E-state index >= 15 is 0 Å². The normalized spacial score (nSPS) is 17.2. The Hall–Kier alpha value is -2.08. The highest BCUT2D eigenvalue weighted by atomic mass is 16.3. The van der Waals surface area contributed by atoms with Gasteiger partial charge in [-0.3, -0.25) is 0 Å². The van der Waals surface area contributed by atoms with Gasteiger partial charge in [0, 0.05) is 32.7 Å². The molecule has 6 heteroatoms. The maximum atomic E-state index is 12.2. The molecule has 1 saturated heterocycles. The summed E-state index contributed by atoms with van der Waals surface area (Å²) in [6.45, 7) is 4.35. The van der Waals surface area contributed by atoms with Crippen LogP contribution in [0.4, 0.5) is 4.79 Å². The van der Waals surface area contributed by atoms with Crippen molar-refractivity contribution < 1.29 is 9.90 Å². The Kier molecular flexibility index (Phi) is 5.04. The van der Waals surface area contributed by atoms with Crippen molar-refractivity contribution in [3.05, 3.63) is 30.1 Å². The Morgan fingerprint density at radius 1 is 1.38 bits per heavy atom. The molecule has 0 saturated carbocycles. The lowest BCUT2D eigenvalue weighted by Gasteiger charge is -2.38. The van der Waals surface area contributed by atoms with Crippen LogP contribution in [0.1, 0.15) is 32.0 Å². The van der Waals surface area contributed by atoms with Crippen molar-refractivity contribution in [3.8, 4) is 0 Å². The number of hydrogen-bond acceptors (Lipinski definition) is 3. The number of carbonyl (C=O) groups is 1. The summed E-state index contributed by atoms with van der Waals surface area (Å²) in [7, 11) is 0. The standard InChI is InChI=1S/C18H26N4O2/c1-18(13-23)8-11-22(12-9-18)17(24)19-10-4-7-16-20-14-5-2-3-6-15(14)21-16/h2-3,5-6,23H,4,7-13H2,1H3,(H,19,24)(H,20,21). The van der Waals surface area contributed by atoms with Crippen molar-refractivity contribution in [1.82, 2.24) is 20.2 Å². The lowest BCUT2D eigenvalue weighted by molar-refractivity contribution is 0.0701. The summed E-state index contributed by atoms with van der Waals surface area (Å²) < 4.78 is 0. The van der Waals surface area contributed by atoms with Crippen LogP contribution in [-0.4, -0.2) is 52.2 Å². The van der Waals surface area contributed by atoms with Gasteiger partial charge in [-0.1, -0.05) is 19.1 Å². The second-order valence-electron chi connectivity index (χ2n) is 6.99. The molecule has 0 aliphatic carbocycles. The average molecular weight is 330 g/mol. The Labute approximate surface area is 142 Å². The molecule has 1 aliphatic rings. The zero-order valence-corrected chi connectivity index (χ0v) is 14.2. The predicted molar refractivity (Wildman–Crippen MR) is 93.8 cm³/mol. The summed E-state index contributed by atoms with van der Waals surface area (Å²) in [5.41, 5.74) is 2.01. The van der Waals surface area contributed by atoms with Crippen molar-refractivity contribution in [1.29, 1.82) is 0 Å². The third-order valence-corrected chi connectivity index (χ3v) is 4.94. The van der Waals surface area contributed by atoms with Crippen LogP contribution in [0, 0.1) is 5.41 Å². The van der Waals surface area contributed by atoms with Crippen molar-refractivity contribution in [2.45, 2.75) is 32.6 Å². The average Bonchev–Trinajstić information content (AvgIpc) is 3.02. The molecule has 0 bridgehead atoms. The lowest BCUT2D eigenvalue weighted by Crippen LogP contribution is -2.47. The number of para-hydroxylation sites is 2. The van der Waals surface area contributed by atoms with E-state index in [2.05, 4.69) is 22.2 Å². The first-order chi connectivity index (χ1) is 11.6. The summed E-state index contributed by atoms with van der Waals surface area (Å²) in [5, 5.41) is 12.4. The number of aryl methyl sites for hydroxylation is 1. The largest absolute Gasteiger partial charge is 0.396 e. The van der Waals surface area contributed by atoms with E-state index in [0.717, 1.165) is 42.5 Å². The van der Waals surface area contributed by atoms with E-state index in [9.17, 15) is 9.90 Å². The third kappa shape index (κ3) is 3.87. The molecule has 2 amide bonds. The lowest BCUT2D eigenvalue weighted by atomic mass is 9.81. The van der Waals surface area contributed by atoms with Gasteiger partial charge in [0.05, 0.1) is 11.0 Å². The number of hydrogen-bond donors (Lipinski definition) is 3. The number of piperidine rings is 1. The summed E-state index contributed by atoms with van der Waals surface area (Å²) in [5.74, 6) is 0.960. The molecule has 0 unspecified atom stereocenters. The molecule has 6 nitrogen and oxygen atoms in total. The molecule has 24 heavy (non-hydrogen) atoms. The van der Waals surface area contributed by atoms with Gasteiger partial charge in [0.15, 0.2) is 0 Å². The number of nitrogens with one attached hydrogen (secondary N) is 2. The van der Waals surface area contributed by atoms with Gasteiger partial charge in [0.1, 0.15) is 5.82 Å². The molecule has 2 aromatic rings. The maximum Gasteiger partial charge on any atom is 0.317 e. The molecule has 1 aromatic carbocycles. The predicted octanol–water partition coefficient (Wildman–Crippen LogP) is 2.30. The summed E-state index contributed by atoms with van der Waals surface area (Å²) in [6.07, 6.45) is 3.39. The molecular weight excluding hydrogens is 304 g/mol. The first kappa shape index (κ1) is 16.8. The van der Waals surface area contributed by atoms with Crippen LogP contribution in [0.15, 0.2) is 24.3 Å². The van der Waals surface area contributed by atoms with Crippen LogP contribution in [0.5, 0.6) is 0 Å². The van der Waals surface area contributed by atoms with Crippen LogP contribution >= 0.6 is 0 Å². The quantitative estimate of drug-likeness (QED) is 0.736. The monoisotopic (exact) mass is 330 g/mol. The SMILES string of the molecule is CC1(CO)CCN(C(=O)NCCCc2nc3ccccc3[nH]2)CC1. The molecule has 130 valence electrons. The van der Waals surface area contributed by atoms with Gasteiger partial charge in [-0.15, -0.1) is 0 Å². The van der Waals surface area contributed by atoms with Gasteiger partial charge >= 0.3 is 6.03 Å². The van der Waals surface area contributed by atoms with Gasteiger partial charge in [-0.25, -0.2) is 9.78 Å². The minimum atomic E-state index is -0.0297. The highest BCUT2D eigenvalue weighted by Crippen LogP contribution is 2.29. The van der Waals surface area contributed by atoms with E-state index in [-0.39, 0.29) is 18.1 Å². The van der Waals surface area contributed by atoms with Crippen LogP contribution in [-0.2, 0) is 6.42 Å². The van der Waals surface area contributed by atoms with Gasteiger partial charge < -0.3 is 20.3 Å². The third-order valence-electron chi connectivity index (χ3n) is 4.94. The van der Waals surface area contributed by atoms with Gasteiger partial charge in [-0.2, -0.15) is 0 Å². The molecule has 1 aromatic heterocycles. The molecule has 3 rings (SSSR count). The Balaban J connectivity index is 1.39. The van der Waals surface area contributed by atoms with Gasteiger partial charge in [0.25, 0.3) is 0 Å². The minimum Gasteiger partial charge on any atom is -0.396 e. The summed E-state index contributed by atoms with van der Waals surface area (Å²) in [4.78, 5) is 21.9. The zero-order valence-electron chi connectivity index (χ0n) is 14.2.